The van der Waals surface area contributed by atoms with Crippen LogP contribution in [-0.2, 0) is 0 Å². The van der Waals surface area contributed by atoms with Gasteiger partial charge in [0.15, 0.2) is 0 Å². The SMILES string of the molecule is O=c1nncnc2ccccc12. The first-order chi connectivity index (χ1) is 5.88. The summed E-state index contributed by atoms with van der Waals surface area (Å²) in [5.41, 5.74) is 0.274. The molecule has 0 bridgehead atoms. The molecule has 0 radical (unpaired) electrons. The topological polar surface area (TPSA) is 55.7 Å². The van der Waals surface area contributed by atoms with E-state index in [1.165, 1.54) is 6.33 Å². The highest BCUT2D eigenvalue weighted by atomic mass is 16.1. The van der Waals surface area contributed by atoms with Gasteiger partial charge in [0.2, 0.25) is 0 Å². The van der Waals surface area contributed by atoms with Crippen LogP contribution in [0.4, 0.5) is 0 Å². The van der Waals surface area contributed by atoms with Crippen LogP contribution in [0, 0.1) is 0 Å². The summed E-state index contributed by atoms with van der Waals surface area (Å²) in [6.07, 6.45) is 1.27. The zero-order valence-electron chi connectivity index (χ0n) is 6.14. The first-order valence-electron chi connectivity index (χ1n) is 3.45. The number of benzene rings is 1. The molecule has 0 atom stereocenters. The summed E-state index contributed by atoms with van der Waals surface area (Å²) in [5.74, 6) is 0. The average Bonchev–Trinajstić information content (AvgIpc) is 2.29. The van der Waals surface area contributed by atoms with E-state index in [4.69, 9.17) is 0 Å². The predicted octanol–water partition coefficient (Wildman–Crippen LogP) is 0.385. The summed E-state index contributed by atoms with van der Waals surface area (Å²) in [7, 11) is 0. The summed E-state index contributed by atoms with van der Waals surface area (Å²) in [6.45, 7) is 0. The molecule has 1 heterocycles. The molecular weight excluding hydrogens is 154 g/mol. The molecular formula is C8H5N3O. The second kappa shape index (κ2) is 2.65. The molecule has 0 amide bonds. The van der Waals surface area contributed by atoms with Crippen LogP contribution in [0.1, 0.15) is 0 Å². The van der Waals surface area contributed by atoms with Gasteiger partial charge in [-0.15, -0.1) is 10.2 Å². The van der Waals surface area contributed by atoms with Crippen LogP contribution in [0.5, 0.6) is 0 Å². The van der Waals surface area contributed by atoms with Crippen molar-refractivity contribution in [3.05, 3.63) is 40.9 Å². The van der Waals surface area contributed by atoms with Crippen LogP contribution in [0.25, 0.3) is 10.9 Å². The second-order valence-corrected chi connectivity index (χ2v) is 2.28. The highest BCUT2D eigenvalue weighted by molar-refractivity contribution is 5.76. The molecule has 12 heavy (non-hydrogen) atoms. The number of rotatable bonds is 0. The fourth-order valence-electron chi connectivity index (χ4n) is 0.987. The summed E-state index contributed by atoms with van der Waals surface area (Å²) < 4.78 is 0. The van der Waals surface area contributed by atoms with Crippen LogP contribution in [0.3, 0.4) is 0 Å². The molecule has 0 saturated heterocycles. The molecule has 4 heteroatoms. The molecule has 58 valence electrons. The van der Waals surface area contributed by atoms with Crippen LogP contribution >= 0.6 is 0 Å². The number of nitrogens with zero attached hydrogens (tertiary/aromatic N) is 3. The third-order valence-corrected chi connectivity index (χ3v) is 1.53. The van der Waals surface area contributed by atoms with Gasteiger partial charge in [0.25, 0.3) is 5.56 Å². The molecule has 0 aliphatic heterocycles. The monoisotopic (exact) mass is 159 g/mol. The van der Waals surface area contributed by atoms with Gasteiger partial charge in [-0.25, -0.2) is 4.98 Å². The normalized spacial score (nSPS) is 10.0. The maximum atomic E-state index is 11.2. The smallest absolute Gasteiger partial charge is 0.265 e. The van der Waals surface area contributed by atoms with E-state index in [0.29, 0.717) is 10.9 Å². The van der Waals surface area contributed by atoms with Crippen molar-refractivity contribution in [3.63, 3.8) is 0 Å². The fraction of sp³-hybridized carbons (Fsp3) is 0. The van der Waals surface area contributed by atoms with Gasteiger partial charge in [0, 0.05) is 0 Å². The van der Waals surface area contributed by atoms with Crippen molar-refractivity contribution in [2.75, 3.05) is 0 Å². The molecule has 0 aliphatic carbocycles. The third-order valence-electron chi connectivity index (χ3n) is 1.53. The fourth-order valence-corrected chi connectivity index (χ4v) is 0.987. The molecule has 0 saturated carbocycles. The van der Waals surface area contributed by atoms with Crippen molar-refractivity contribution in [2.45, 2.75) is 0 Å². The van der Waals surface area contributed by atoms with E-state index >= 15 is 0 Å². The number of fused-ring (bicyclic) bond motifs is 1. The van der Waals surface area contributed by atoms with Crippen LogP contribution < -0.4 is 5.56 Å². The zero-order chi connectivity index (χ0) is 8.39. The maximum Gasteiger partial charge on any atom is 0.297 e. The second-order valence-electron chi connectivity index (χ2n) is 2.28. The molecule has 0 fully saturated rings. The van der Waals surface area contributed by atoms with Gasteiger partial charge in [-0.05, 0) is 12.1 Å². The van der Waals surface area contributed by atoms with E-state index in [2.05, 4.69) is 15.2 Å². The minimum atomic E-state index is -0.344. The zero-order valence-corrected chi connectivity index (χ0v) is 6.14. The Balaban J connectivity index is 3.06. The molecule has 0 N–H and O–H groups in total. The minimum absolute atomic E-state index is 0.344. The van der Waals surface area contributed by atoms with E-state index in [9.17, 15) is 4.79 Å². The number of hydrogen-bond acceptors (Lipinski definition) is 4. The first-order valence-corrected chi connectivity index (χ1v) is 3.45. The Labute approximate surface area is 67.9 Å². The number of aromatic nitrogens is 3. The lowest BCUT2D eigenvalue weighted by Gasteiger charge is -1.84. The van der Waals surface area contributed by atoms with Crippen molar-refractivity contribution in [1.82, 2.24) is 15.2 Å². The average molecular weight is 159 g/mol. The Morgan fingerprint density at radius 2 is 2.00 bits per heavy atom. The quantitative estimate of drug-likeness (QED) is 0.557. The molecule has 0 spiro atoms. The minimum Gasteiger partial charge on any atom is -0.265 e. The van der Waals surface area contributed by atoms with E-state index in [0.717, 1.165) is 0 Å². The summed E-state index contributed by atoms with van der Waals surface area (Å²) >= 11 is 0. The number of para-hydroxylation sites is 1. The van der Waals surface area contributed by atoms with Gasteiger partial charge in [-0.1, -0.05) is 12.1 Å². The summed E-state index contributed by atoms with van der Waals surface area (Å²) in [5, 5.41) is 7.35. The van der Waals surface area contributed by atoms with Crippen molar-refractivity contribution < 1.29 is 0 Å². The Kier molecular flexibility index (Phi) is 1.51. The van der Waals surface area contributed by atoms with Gasteiger partial charge in [-0.2, -0.15) is 0 Å². The summed E-state index contributed by atoms with van der Waals surface area (Å²) in [4.78, 5) is 15.1. The Morgan fingerprint density at radius 3 is 2.92 bits per heavy atom. The summed E-state index contributed by atoms with van der Waals surface area (Å²) in [6, 6.07) is 7.02. The predicted molar refractivity (Wildman–Crippen MR) is 43.6 cm³/mol. The van der Waals surface area contributed by atoms with Crippen molar-refractivity contribution in [2.24, 2.45) is 0 Å². The third kappa shape index (κ3) is 1.03. The molecule has 2 rings (SSSR count). The van der Waals surface area contributed by atoms with Gasteiger partial charge in [0.05, 0.1) is 10.9 Å². The van der Waals surface area contributed by atoms with E-state index < -0.39 is 0 Å². The molecule has 1 aromatic carbocycles. The molecule has 0 aliphatic rings. The van der Waals surface area contributed by atoms with Crippen molar-refractivity contribution in [3.8, 4) is 0 Å². The largest absolute Gasteiger partial charge is 0.297 e. The Hall–Kier alpha value is -1.84. The molecule has 4 nitrogen and oxygen atoms in total. The van der Waals surface area contributed by atoms with Crippen molar-refractivity contribution >= 4 is 10.9 Å². The van der Waals surface area contributed by atoms with E-state index in [1.807, 2.05) is 6.07 Å². The molecule has 2 aromatic rings. The van der Waals surface area contributed by atoms with Gasteiger partial charge in [-0.3, -0.25) is 4.79 Å². The van der Waals surface area contributed by atoms with Gasteiger partial charge >= 0.3 is 0 Å². The highest BCUT2D eigenvalue weighted by Gasteiger charge is 1.94. The lowest BCUT2D eigenvalue weighted by molar-refractivity contribution is 0.998. The molecule has 1 aromatic heterocycles. The lowest BCUT2D eigenvalue weighted by atomic mass is 10.2. The van der Waals surface area contributed by atoms with Crippen LogP contribution in [0.15, 0.2) is 35.4 Å². The van der Waals surface area contributed by atoms with Crippen LogP contribution in [-0.4, -0.2) is 15.2 Å². The van der Waals surface area contributed by atoms with Crippen molar-refractivity contribution in [1.29, 1.82) is 0 Å². The van der Waals surface area contributed by atoms with E-state index in [1.54, 1.807) is 18.2 Å². The van der Waals surface area contributed by atoms with E-state index in [-0.39, 0.29) is 5.56 Å². The van der Waals surface area contributed by atoms with Crippen LogP contribution in [0.2, 0.25) is 0 Å². The van der Waals surface area contributed by atoms with Gasteiger partial charge < -0.3 is 0 Å². The maximum absolute atomic E-state index is 11.2. The van der Waals surface area contributed by atoms with Gasteiger partial charge in [0.1, 0.15) is 6.33 Å². The first kappa shape index (κ1) is 6.84. The number of hydrogen-bond donors (Lipinski definition) is 0. The lowest BCUT2D eigenvalue weighted by Crippen LogP contribution is -2.02. The highest BCUT2D eigenvalue weighted by Crippen LogP contribution is 2.01. The Bertz CT molecular complexity index is 469. The molecule has 0 unspecified atom stereocenters. The standard InChI is InChI=1S/C8H5N3O/c12-8-6-3-1-2-4-7(6)9-5-10-11-8/h1-5H. The Morgan fingerprint density at radius 1 is 1.17 bits per heavy atom.